The molecule has 144 valence electrons. The van der Waals surface area contributed by atoms with Crippen molar-refractivity contribution in [2.45, 2.75) is 32.2 Å². The summed E-state index contributed by atoms with van der Waals surface area (Å²) in [4.78, 5) is 42.2. The zero-order chi connectivity index (χ0) is 19.1. The van der Waals surface area contributed by atoms with Crippen molar-refractivity contribution in [1.82, 2.24) is 4.90 Å². The van der Waals surface area contributed by atoms with Crippen LogP contribution in [0.15, 0.2) is 18.2 Å². The van der Waals surface area contributed by atoms with Crippen molar-refractivity contribution in [1.29, 1.82) is 0 Å². The number of rotatable bonds is 2. The number of carbonyl (C=O) groups excluding carboxylic acids is 3. The first-order valence-electron chi connectivity index (χ1n) is 9.37. The number of anilines is 2. The Hall–Kier alpha value is -2.77. The number of imide groups is 1. The summed E-state index contributed by atoms with van der Waals surface area (Å²) >= 11 is 0. The Balaban J connectivity index is 1.69. The number of benzene rings is 1. The number of nitrogens with zero attached hydrogens (tertiary/aromatic N) is 3. The molecule has 1 fully saturated rings. The van der Waals surface area contributed by atoms with Crippen molar-refractivity contribution >= 4 is 29.5 Å². The molecule has 8 nitrogen and oxygen atoms in total. The van der Waals surface area contributed by atoms with Crippen molar-refractivity contribution in [3.63, 3.8) is 0 Å². The largest absolute Gasteiger partial charge is 0.450 e. The van der Waals surface area contributed by atoms with Gasteiger partial charge in [0.15, 0.2) is 0 Å². The standard InChI is InChI=1S/C19H23N3O5/c1-3-26-18(24)20-9-8-14-13(10-20)12-6-5-7-15-17(12)21(14)11-16(23)22(15)19(25)27-4-2/h5-7,13-14H,3-4,8-11H2,1-2H3. The molecule has 1 saturated heterocycles. The summed E-state index contributed by atoms with van der Waals surface area (Å²) in [5.41, 5.74) is 2.54. The molecule has 8 heteroatoms. The van der Waals surface area contributed by atoms with E-state index < -0.39 is 6.09 Å². The fourth-order valence-corrected chi connectivity index (χ4v) is 4.44. The van der Waals surface area contributed by atoms with Gasteiger partial charge in [0.1, 0.15) is 0 Å². The summed E-state index contributed by atoms with van der Waals surface area (Å²) in [7, 11) is 0. The van der Waals surface area contributed by atoms with Crippen LogP contribution in [-0.4, -0.2) is 61.9 Å². The average Bonchev–Trinajstić information content (AvgIpc) is 2.97. The topological polar surface area (TPSA) is 79.4 Å². The SMILES string of the molecule is CCOC(=O)N1CCC2C(C1)c1cccc3c1N2CC(=O)N3C(=O)OCC. The highest BCUT2D eigenvalue weighted by molar-refractivity contribution is 6.18. The minimum atomic E-state index is -0.640. The molecule has 3 aliphatic rings. The highest BCUT2D eigenvalue weighted by Crippen LogP contribution is 2.51. The Kier molecular flexibility index (Phi) is 4.41. The second-order valence-corrected chi connectivity index (χ2v) is 6.88. The molecule has 27 heavy (non-hydrogen) atoms. The molecule has 0 aromatic heterocycles. The van der Waals surface area contributed by atoms with Crippen molar-refractivity contribution in [2.75, 3.05) is 42.6 Å². The van der Waals surface area contributed by atoms with Crippen LogP contribution in [0, 0.1) is 0 Å². The summed E-state index contributed by atoms with van der Waals surface area (Å²) in [6.45, 7) is 5.34. The number of para-hydroxylation sites is 1. The lowest BCUT2D eigenvalue weighted by Gasteiger charge is -2.40. The molecular formula is C19H23N3O5. The highest BCUT2D eigenvalue weighted by Gasteiger charge is 2.49. The van der Waals surface area contributed by atoms with E-state index >= 15 is 0 Å². The van der Waals surface area contributed by atoms with E-state index in [-0.39, 0.29) is 37.1 Å². The maximum absolute atomic E-state index is 12.7. The van der Waals surface area contributed by atoms with Crippen LogP contribution >= 0.6 is 0 Å². The third kappa shape index (κ3) is 2.70. The number of fused-ring (bicyclic) bond motifs is 3. The van der Waals surface area contributed by atoms with Crippen molar-refractivity contribution in [2.24, 2.45) is 0 Å². The molecule has 3 amide bonds. The number of piperidine rings is 1. The normalized spacial score (nSPS) is 23.0. The van der Waals surface area contributed by atoms with Crippen molar-refractivity contribution in [3.05, 3.63) is 23.8 Å². The van der Waals surface area contributed by atoms with Crippen molar-refractivity contribution in [3.8, 4) is 0 Å². The minimum Gasteiger partial charge on any atom is -0.450 e. The smallest absolute Gasteiger partial charge is 0.421 e. The van der Waals surface area contributed by atoms with Crippen LogP contribution in [0.4, 0.5) is 21.0 Å². The fraction of sp³-hybridized carbons (Fsp3) is 0.526. The Morgan fingerprint density at radius 2 is 1.89 bits per heavy atom. The second-order valence-electron chi connectivity index (χ2n) is 6.88. The summed E-state index contributed by atoms with van der Waals surface area (Å²) in [6.07, 6.45) is -0.186. The zero-order valence-corrected chi connectivity index (χ0v) is 15.5. The van der Waals surface area contributed by atoms with Gasteiger partial charge in [-0.3, -0.25) is 4.79 Å². The summed E-state index contributed by atoms with van der Waals surface area (Å²) in [6, 6.07) is 5.79. The Bertz CT molecular complexity index is 796. The monoisotopic (exact) mass is 373 g/mol. The number of carbonyl (C=O) groups is 3. The Morgan fingerprint density at radius 1 is 1.15 bits per heavy atom. The van der Waals surface area contributed by atoms with Gasteiger partial charge < -0.3 is 19.3 Å². The Labute approximate surface area is 157 Å². The molecule has 0 saturated carbocycles. The lowest BCUT2D eigenvalue weighted by molar-refractivity contribution is -0.117. The van der Waals surface area contributed by atoms with Crippen LogP contribution in [0.5, 0.6) is 0 Å². The van der Waals surface area contributed by atoms with Crippen LogP contribution < -0.4 is 9.80 Å². The first kappa shape index (κ1) is 17.6. The van der Waals surface area contributed by atoms with Crippen LogP contribution in [0.1, 0.15) is 31.7 Å². The van der Waals surface area contributed by atoms with Gasteiger partial charge in [0, 0.05) is 25.0 Å². The van der Waals surface area contributed by atoms with Crippen LogP contribution in [0.3, 0.4) is 0 Å². The van der Waals surface area contributed by atoms with E-state index in [0.717, 1.165) is 22.6 Å². The van der Waals surface area contributed by atoms with Crippen LogP contribution in [0.25, 0.3) is 0 Å². The van der Waals surface area contributed by atoms with E-state index in [0.29, 0.717) is 25.4 Å². The summed E-state index contributed by atoms with van der Waals surface area (Å²) < 4.78 is 10.2. The van der Waals surface area contributed by atoms with Gasteiger partial charge in [0.25, 0.3) is 5.91 Å². The molecule has 2 atom stereocenters. The zero-order valence-electron chi connectivity index (χ0n) is 15.5. The van der Waals surface area contributed by atoms with E-state index in [1.54, 1.807) is 24.8 Å². The van der Waals surface area contributed by atoms with E-state index in [2.05, 4.69) is 4.90 Å². The highest BCUT2D eigenvalue weighted by atomic mass is 16.6. The molecule has 3 aliphatic heterocycles. The van der Waals surface area contributed by atoms with Crippen LogP contribution in [0.2, 0.25) is 0 Å². The molecule has 4 rings (SSSR count). The quantitative estimate of drug-likeness (QED) is 0.792. The molecule has 0 bridgehead atoms. The van der Waals surface area contributed by atoms with E-state index in [1.807, 2.05) is 12.1 Å². The lowest BCUT2D eigenvalue weighted by Crippen LogP contribution is -2.53. The maximum atomic E-state index is 12.7. The molecule has 2 unspecified atom stereocenters. The number of hydrogen-bond acceptors (Lipinski definition) is 6. The molecule has 0 radical (unpaired) electrons. The summed E-state index contributed by atoms with van der Waals surface area (Å²) in [5, 5.41) is 0. The number of ether oxygens (including phenoxy) is 2. The molecule has 1 aromatic rings. The molecule has 0 aliphatic carbocycles. The lowest BCUT2D eigenvalue weighted by atomic mass is 9.89. The third-order valence-corrected chi connectivity index (χ3v) is 5.48. The number of likely N-dealkylation sites (tertiary alicyclic amines) is 1. The number of hydrogen-bond donors (Lipinski definition) is 0. The molecule has 3 heterocycles. The van der Waals surface area contributed by atoms with Gasteiger partial charge in [-0.05, 0) is 31.9 Å². The third-order valence-electron chi connectivity index (χ3n) is 5.48. The van der Waals surface area contributed by atoms with Gasteiger partial charge in [-0.15, -0.1) is 0 Å². The van der Waals surface area contributed by atoms with E-state index in [4.69, 9.17) is 9.47 Å². The number of amides is 3. The molecule has 0 spiro atoms. The molecule has 0 N–H and O–H groups in total. The average molecular weight is 373 g/mol. The summed E-state index contributed by atoms with van der Waals surface area (Å²) in [5.74, 6) is -0.195. The first-order chi connectivity index (χ1) is 13.1. The van der Waals surface area contributed by atoms with Gasteiger partial charge in [-0.1, -0.05) is 12.1 Å². The fourth-order valence-electron chi connectivity index (χ4n) is 4.44. The van der Waals surface area contributed by atoms with Gasteiger partial charge in [0.05, 0.1) is 31.1 Å². The van der Waals surface area contributed by atoms with Gasteiger partial charge in [0.2, 0.25) is 0 Å². The first-order valence-corrected chi connectivity index (χ1v) is 9.37. The predicted octanol–water partition coefficient (Wildman–Crippen LogP) is 2.32. The molecular weight excluding hydrogens is 350 g/mol. The molecule has 1 aromatic carbocycles. The van der Waals surface area contributed by atoms with E-state index in [1.165, 1.54) is 0 Å². The van der Waals surface area contributed by atoms with E-state index in [9.17, 15) is 14.4 Å². The van der Waals surface area contributed by atoms with Gasteiger partial charge >= 0.3 is 12.2 Å². The van der Waals surface area contributed by atoms with Crippen LogP contribution in [-0.2, 0) is 14.3 Å². The second kappa shape index (κ2) is 6.75. The van der Waals surface area contributed by atoms with Gasteiger partial charge in [-0.25, -0.2) is 14.5 Å². The minimum absolute atomic E-state index is 0.0908. The Morgan fingerprint density at radius 3 is 2.63 bits per heavy atom. The van der Waals surface area contributed by atoms with Gasteiger partial charge in [-0.2, -0.15) is 0 Å². The van der Waals surface area contributed by atoms with Crippen molar-refractivity contribution < 1.29 is 23.9 Å². The maximum Gasteiger partial charge on any atom is 0.421 e. The predicted molar refractivity (Wildman–Crippen MR) is 98.0 cm³/mol.